The molecule has 0 aromatic rings. The number of nitrogens with two attached hydrogens (primary N) is 1. The van der Waals surface area contributed by atoms with E-state index in [1.165, 1.54) is 12.8 Å². The zero-order chi connectivity index (χ0) is 13.7. The normalized spacial score (nSPS) is 26.4. The lowest BCUT2D eigenvalue weighted by Crippen LogP contribution is -2.48. The van der Waals surface area contributed by atoms with E-state index in [0.29, 0.717) is 25.0 Å². The number of aliphatic imine (C=N–C) groups is 1. The molecule has 2 heterocycles. The second-order valence-corrected chi connectivity index (χ2v) is 5.56. The lowest BCUT2D eigenvalue weighted by Gasteiger charge is -2.32. The average Bonchev–Trinajstić information content (AvgIpc) is 2.38. The van der Waals surface area contributed by atoms with Gasteiger partial charge in [-0.3, -0.25) is 14.7 Å². The topological polar surface area (TPSA) is 74.0 Å². The summed E-state index contributed by atoms with van der Waals surface area (Å²) in [4.78, 5) is 20.0. The molecule has 1 atom stereocenters. The van der Waals surface area contributed by atoms with Crippen LogP contribution in [0, 0.1) is 5.92 Å². The summed E-state index contributed by atoms with van der Waals surface area (Å²) in [7, 11) is 0. The molecule has 19 heavy (non-hydrogen) atoms. The van der Waals surface area contributed by atoms with Gasteiger partial charge in [0.05, 0.1) is 13.1 Å². The molecule has 2 aliphatic rings. The molecular formula is C13H25N5O. The summed E-state index contributed by atoms with van der Waals surface area (Å²) in [6, 6.07) is 0. The number of nitrogens with one attached hydrogen (secondary N) is 1. The molecule has 0 aromatic heterocycles. The van der Waals surface area contributed by atoms with Crippen molar-refractivity contribution in [2.24, 2.45) is 16.6 Å². The molecule has 2 rings (SSSR count). The van der Waals surface area contributed by atoms with Crippen molar-refractivity contribution in [3.63, 3.8) is 0 Å². The Bertz CT molecular complexity index is 344. The van der Waals surface area contributed by atoms with Crippen molar-refractivity contribution < 1.29 is 4.79 Å². The summed E-state index contributed by atoms with van der Waals surface area (Å²) in [5.41, 5.74) is 6.03. The molecule has 1 unspecified atom stereocenters. The van der Waals surface area contributed by atoms with Crippen LogP contribution in [0.4, 0.5) is 0 Å². The van der Waals surface area contributed by atoms with E-state index in [1.807, 2.05) is 0 Å². The monoisotopic (exact) mass is 267 g/mol. The van der Waals surface area contributed by atoms with Crippen molar-refractivity contribution in [1.82, 2.24) is 15.1 Å². The number of likely N-dealkylation sites (tertiary alicyclic amines) is 1. The number of guanidine groups is 1. The Morgan fingerprint density at radius 3 is 3.11 bits per heavy atom. The van der Waals surface area contributed by atoms with Crippen LogP contribution in [0.25, 0.3) is 0 Å². The second kappa shape index (κ2) is 6.75. The van der Waals surface area contributed by atoms with Crippen LogP contribution in [0.1, 0.15) is 19.8 Å². The fraction of sp³-hybridized carbons (Fsp3) is 0.846. The maximum absolute atomic E-state index is 11.2. The van der Waals surface area contributed by atoms with E-state index in [4.69, 9.17) is 5.73 Å². The number of amides is 1. The van der Waals surface area contributed by atoms with E-state index >= 15 is 0 Å². The summed E-state index contributed by atoms with van der Waals surface area (Å²) in [6.45, 7) is 7.89. The maximum atomic E-state index is 11.2. The number of carbonyl (C=O) groups is 1. The summed E-state index contributed by atoms with van der Waals surface area (Å²) < 4.78 is 0. The van der Waals surface area contributed by atoms with Crippen LogP contribution in [0.5, 0.6) is 0 Å². The lowest BCUT2D eigenvalue weighted by atomic mass is 10.0. The van der Waals surface area contributed by atoms with E-state index in [9.17, 15) is 4.79 Å². The molecule has 6 nitrogen and oxygen atoms in total. The third-order valence-electron chi connectivity index (χ3n) is 3.79. The number of rotatable bonds is 3. The highest BCUT2D eigenvalue weighted by Crippen LogP contribution is 2.14. The van der Waals surface area contributed by atoms with E-state index < -0.39 is 0 Å². The Hall–Kier alpha value is -1.30. The first-order valence-corrected chi connectivity index (χ1v) is 7.19. The summed E-state index contributed by atoms with van der Waals surface area (Å²) in [5.74, 6) is 1.47. The molecule has 2 fully saturated rings. The minimum absolute atomic E-state index is 0.105. The van der Waals surface area contributed by atoms with Crippen LogP contribution in [0.2, 0.25) is 0 Å². The highest BCUT2D eigenvalue weighted by molar-refractivity contribution is 5.79. The zero-order valence-corrected chi connectivity index (χ0v) is 11.8. The molecule has 6 heteroatoms. The van der Waals surface area contributed by atoms with Crippen LogP contribution in [0.15, 0.2) is 4.99 Å². The van der Waals surface area contributed by atoms with Gasteiger partial charge in [-0.15, -0.1) is 0 Å². The first-order valence-electron chi connectivity index (χ1n) is 7.19. The molecule has 0 saturated carbocycles. The molecule has 108 valence electrons. The van der Waals surface area contributed by atoms with E-state index in [0.717, 1.165) is 32.7 Å². The van der Waals surface area contributed by atoms with Crippen LogP contribution in [-0.2, 0) is 4.79 Å². The van der Waals surface area contributed by atoms with Gasteiger partial charge in [0.1, 0.15) is 0 Å². The van der Waals surface area contributed by atoms with Crippen LogP contribution < -0.4 is 11.1 Å². The maximum Gasteiger partial charge on any atom is 0.234 e. The molecule has 0 radical (unpaired) electrons. The Morgan fingerprint density at radius 2 is 2.37 bits per heavy atom. The molecule has 2 saturated heterocycles. The number of hydrogen-bond donors (Lipinski definition) is 2. The van der Waals surface area contributed by atoms with Gasteiger partial charge < -0.3 is 16.0 Å². The Morgan fingerprint density at radius 1 is 1.53 bits per heavy atom. The zero-order valence-electron chi connectivity index (χ0n) is 11.8. The molecule has 0 aliphatic carbocycles. The van der Waals surface area contributed by atoms with Gasteiger partial charge in [0.2, 0.25) is 5.91 Å². The van der Waals surface area contributed by atoms with Crippen LogP contribution in [0.3, 0.4) is 0 Å². The van der Waals surface area contributed by atoms with E-state index in [2.05, 4.69) is 27.0 Å². The first kappa shape index (κ1) is 14.1. The van der Waals surface area contributed by atoms with Crippen molar-refractivity contribution >= 4 is 11.9 Å². The third kappa shape index (κ3) is 4.38. The second-order valence-electron chi connectivity index (χ2n) is 5.56. The quantitative estimate of drug-likeness (QED) is 0.532. The van der Waals surface area contributed by atoms with Gasteiger partial charge in [-0.1, -0.05) is 6.92 Å². The standard InChI is InChI=1S/C13H25N5O/c1-11-3-2-6-18(9-11)13(14)16-5-8-17-7-4-15-12(19)10-17/h11H,2-10H2,1H3,(H2,14,16)(H,15,19). The lowest BCUT2D eigenvalue weighted by molar-refractivity contribution is -0.124. The Kier molecular flexibility index (Phi) is 5.01. The van der Waals surface area contributed by atoms with E-state index in [1.54, 1.807) is 0 Å². The van der Waals surface area contributed by atoms with Crippen molar-refractivity contribution in [3.05, 3.63) is 0 Å². The van der Waals surface area contributed by atoms with Crippen molar-refractivity contribution in [2.75, 3.05) is 45.8 Å². The van der Waals surface area contributed by atoms with Crippen molar-refractivity contribution in [2.45, 2.75) is 19.8 Å². The first-order chi connectivity index (χ1) is 9.15. The minimum Gasteiger partial charge on any atom is -0.370 e. The molecular weight excluding hydrogens is 242 g/mol. The Balaban J connectivity index is 1.73. The average molecular weight is 267 g/mol. The minimum atomic E-state index is 0.105. The van der Waals surface area contributed by atoms with Gasteiger partial charge >= 0.3 is 0 Å². The highest BCUT2D eigenvalue weighted by atomic mass is 16.2. The van der Waals surface area contributed by atoms with Gasteiger partial charge in [0.15, 0.2) is 5.96 Å². The largest absolute Gasteiger partial charge is 0.370 e. The highest BCUT2D eigenvalue weighted by Gasteiger charge is 2.18. The molecule has 1 amide bonds. The molecule has 0 spiro atoms. The number of hydrogen-bond acceptors (Lipinski definition) is 3. The summed E-state index contributed by atoms with van der Waals surface area (Å²) >= 11 is 0. The van der Waals surface area contributed by atoms with Gasteiger partial charge in [0.25, 0.3) is 0 Å². The SMILES string of the molecule is CC1CCCN(C(N)=NCCN2CCNC(=O)C2)C1. The number of nitrogens with zero attached hydrogens (tertiary/aromatic N) is 3. The molecule has 0 bridgehead atoms. The van der Waals surface area contributed by atoms with Crippen molar-refractivity contribution in [1.29, 1.82) is 0 Å². The summed E-state index contributed by atoms with van der Waals surface area (Å²) in [5, 5.41) is 2.82. The molecule has 3 N–H and O–H groups in total. The van der Waals surface area contributed by atoms with Gasteiger partial charge in [-0.2, -0.15) is 0 Å². The van der Waals surface area contributed by atoms with Gasteiger partial charge in [-0.25, -0.2) is 0 Å². The fourth-order valence-electron chi connectivity index (χ4n) is 2.69. The third-order valence-corrected chi connectivity index (χ3v) is 3.79. The molecule has 0 aromatic carbocycles. The smallest absolute Gasteiger partial charge is 0.234 e. The van der Waals surface area contributed by atoms with Crippen LogP contribution in [-0.4, -0.2) is 67.5 Å². The van der Waals surface area contributed by atoms with Gasteiger partial charge in [-0.05, 0) is 18.8 Å². The number of piperazine rings is 1. The predicted molar refractivity (Wildman–Crippen MR) is 75.9 cm³/mol. The van der Waals surface area contributed by atoms with E-state index in [-0.39, 0.29) is 5.91 Å². The Labute approximate surface area is 115 Å². The number of piperidine rings is 1. The molecule has 2 aliphatic heterocycles. The van der Waals surface area contributed by atoms with Gasteiger partial charge in [0, 0.05) is 32.7 Å². The van der Waals surface area contributed by atoms with Crippen LogP contribution >= 0.6 is 0 Å². The van der Waals surface area contributed by atoms with Crippen molar-refractivity contribution in [3.8, 4) is 0 Å². The number of carbonyl (C=O) groups excluding carboxylic acids is 1. The predicted octanol–water partition coefficient (Wildman–Crippen LogP) is -0.535. The fourth-order valence-corrected chi connectivity index (χ4v) is 2.69. The summed E-state index contributed by atoms with van der Waals surface area (Å²) in [6.07, 6.45) is 2.48.